The van der Waals surface area contributed by atoms with Gasteiger partial charge in [-0.3, -0.25) is 9.59 Å². The fraction of sp³-hybridized carbons (Fsp3) is 0.800. The van der Waals surface area contributed by atoms with E-state index in [1.54, 1.807) is 14.1 Å². The van der Waals surface area contributed by atoms with Gasteiger partial charge < -0.3 is 9.80 Å². The lowest BCUT2D eigenvalue weighted by molar-refractivity contribution is 0.228. The second kappa shape index (κ2) is 8.65. The highest BCUT2D eigenvalue weighted by Crippen LogP contribution is 2.04. The molecule has 0 aliphatic rings. The van der Waals surface area contributed by atoms with Gasteiger partial charge in [0.15, 0.2) is 0 Å². The van der Waals surface area contributed by atoms with Gasteiger partial charge in [0.25, 0.3) is 0 Å². The first-order valence-electron chi connectivity index (χ1n) is 5.26. The zero-order chi connectivity index (χ0) is 12.6. The predicted molar refractivity (Wildman–Crippen MR) is 66.2 cm³/mol. The minimum Gasteiger partial charge on any atom is -0.332 e. The van der Waals surface area contributed by atoms with Crippen molar-refractivity contribution in [3.63, 3.8) is 0 Å². The number of amides is 2. The first-order chi connectivity index (χ1) is 7.45. The molecule has 0 aromatic rings. The average Bonchev–Trinajstić information content (AvgIpc) is 2.21. The van der Waals surface area contributed by atoms with E-state index in [4.69, 9.17) is 23.2 Å². The van der Waals surface area contributed by atoms with Gasteiger partial charge in [-0.15, -0.1) is 0 Å². The van der Waals surface area contributed by atoms with Crippen molar-refractivity contribution in [3.8, 4) is 0 Å². The summed E-state index contributed by atoms with van der Waals surface area (Å²) in [6.07, 6.45) is 3.87. The maximum absolute atomic E-state index is 10.7. The molecule has 0 aromatic heterocycles. The van der Waals surface area contributed by atoms with Crippen molar-refractivity contribution in [1.29, 1.82) is 0 Å². The third-order valence-corrected chi connectivity index (χ3v) is 2.91. The van der Waals surface area contributed by atoms with Crippen molar-refractivity contribution in [1.82, 2.24) is 9.80 Å². The van der Waals surface area contributed by atoms with Crippen molar-refractivity contribution in [3.05, 3.63) is 0 Å². The molecule has 0 saturated heterocycles. The van der Waals surface area contributed by atoms with E-state index in [1.807, 2.05) is 0 Å². The molecule has 0 N–H and O–H groups in total. The highest BCUT2D eigenvalue weighted by atomic mass is 35.5. The molecule has 2 amide bonds. The number of carbonyl (C=O) groups excluding carboxylic acids is 2. The summed E-state index contributed by atoms with van der Waals surface area (Å²) in [4.78, 5) is 24.3. The van der Waals surface area contributed by atoms with Gasteiger partial charge in [-0.1, -0.05) is 12.8 Å². The Kier molecular flexibility index (Phi) is 8.39. The quantitative estimate of drug-likeness (QED) is 0.404. The van der Waals surface area contributed by atoms with Gasteiger partial charge in [0.05, 0.1) is 0 Å². The molecule has 0 heterocycles. The van der Waals surface area contributed by atoms with E-state index in [1.165, 1.54) is 9.80 Å². The van der Waals surface area contributed by atoms with E-state index in [0.29, 0.717) is 13.1 Å². The van der Waals surface area contributed by atoms with E-state index >= 15 is 0 Å². The van der Waals surface area contributed by atoms with Crippen LogP contribution in [0, 0.1) is 0 Å². The maximum Gasteiger partial charge on any atom is 0.316 e. The van der Waals surface area contributed by atoms with Crippen LogP contribution in [0.15, 0.2) is 0 Å². The highest BCUT2D eigenvalue weighted by molar-refractivity contribution is 6.63. The summed E-state index contributed by atoms with van der Waals surface area (Å²) in [5, 5.41) is -0.847. The molecule has 94 valence electrons. The van der Waals surface area contributed by atoms with Gasteiger partial charge in [0.1, 0.15) is 0 Å². The summed E-state index contributed by atoms with van der Waals surface area (Å²) in [6.45, 7) is 1.35. The molecule has 0 spiro atoms. The number of hydrogen-bond acceptors (Lipinski definition) is 2. The normalized spacial score (nSPS) is 10.0. The van der Waals surface area contributed by atoms with Gasteiger partial charge >= 0.3 is 10.7 Å². The molecule has 0 radical (unpaired) electrons. The first-order valence-corrected chi connectivity index (χ1v) is 6.02. The highest BCUT2D eigenvalue weighted by Gasteiger charge is 2.04. The summed E-state index contributed by atoms with van der Waals surface area (Å²) in [5.41, 5.74) is 0. The van der Waals surface area contributed by atoms with Crippen molar-refractivity contribution in [2.75, 3.05) is 27.2 Å². The summed E-state index contributed by atoms with van der Waals surface area (Å²) < 4.78 is 0. The van der Waals surface area contributed by atoms with E-state index in [9.17, 15) is 9.59 Å². The molecule has 0 saturated carbocycles. The summed E-state index contributed by atoms with van der Waals surface area (Å²) >= 11 is 10.5. The largest absolute Gasteiger partial charge is 0.332 e. The lowest BCUT2D eigenvalue weighted by Crippen LogP contribution is -2.22. The Labute approximate surface area is 106 Å². The number of hydrogen-bond donors (Lipinski definition) is 0. The van der Waals surface area contributed by atoms with Crippen LogP contribution in [0.25, 0.3) is 0 Å². The maximum atomic E-state index is 10.7. The summed E-state index contributed by atoms with van der Waals surface area (Å²) in [7, 11) is 3.35. The Morgan fingerprint density at radius 2 is 1.12 bits per heavy atom. The standard InChI is InChI=1S/C10H18Cl2N2O2/c1-13(9(11)15)7-5-3-4-6-8-14(2)10(12)16/h3-8H2,1-2H3. The Morgan fingerprint density at radius 3 is 1.38 bits per heavy atom. The molecule has 0 fully saturated rings. The fourth-order valence-corrected chi connectivity index (χ4v) is 1.40. The zero-order valence-electron chi connectivity index (χ0n) is 9.71. The predicted octanol–water partition coefficient (Wildman–Crippen LogP) is 3.13. The van der Waals surface area contributed by atoms with Gasteiger partial charge in [-0.2, -0.15) is 0 Å². The zero-order valence-corrected chi connectivity index (χ0v) is 11.2. The lowest BCUT2D eigenvalue weighted by atomic mass is 10.2. The first kappa shape index (κ1) is 15.5. The molecule has 0 rings (SSSR count). The smallest absolute Gasteiger partial charge is 0.316 e. The number of nitrogens with zero attached hydrogens (tertiary/aromatic N) is 2. The molecule has 0 aliphatic heterocycles. The van der Waals surface area contributed by atoms with Gasteiger partial charge in [-0.05, 0) is 36.0 Å². The molecule has 0 atom stereocenters. The third kappa shape index (κ3) is 7.77. The van der Waals surface area contributed by atoms with E-state index < -0.39 is 10.7 Å². The Morgan fingerprint density at radius 1 is 0.812 bits per heavy atom. The van der Waals surface area contributed by atoms with Gasteiger partial charge in [0, 0.05) is 27.2 Å². The van der Waals surface area contributed by atoms with Crippen LogP contribution in [0.1, 0.15) is 25.7 Å². The van der Waals surface area contributed by atoms with Gasteiger partial charge in [0.2, 0.25) is 0 Å². The van der Waals surface area contributed by atoms with Crippen molar-refractivity contribution in [2.24, 2.45) is 0 Å². The topological polar surface area (TPSA) is 40.6 Å². The molecule has 6 heteroatoms. The van der Waals surface area contributed by atoms with Crippen LogP contribution in [-0.2, 0) is 0 Å². The molecule has 16 heavy (non-hydrogen) atoms. The minimum atomic E-state index is -0.424. The molecular weight excluding hydrogens is 251 g/mol. The van der Waals surface area contributed by atoms with Gasteiger partial charge in [-0.25, -0.2) is 0 Å². The number of unbranched alkanes of at least 4 members (excludes halogenated alkanes) is 3. The number of halogens is 2. The Balaban J connectivity index is 3.34. The molecule has 0 unspecified atom stereocenters. The van der Waals surface area contributed by atoms with Crippen LogP contribution in [0.4, 0.5) is 9.59 Å². The lowest BCUT2D eigenvalue weighted by Gasteiger charge is -2.14. The van der Waals surface area contributed by atoms with Crippen LogP contribution in [0.5, 0.6) is 0 Å². The van der Waals surface area contributed by atoms with Crippen LogP contribution in [0.3, 0.4) is 0 Å². The van der Waals surface area contributed by atoms with E-state index in [0.717, 1.165) is 25.7 Å². The summed E-state index contributed by atoms with van der Waals surface area (Å²) in [5.74, 6) is 0. The molecule has 4 nitrogen and oxygen atoms in total. The number of carbonyl (C=O) groups is 2. The Hall–Kier alpha value is -0.480. The van der Waals surface area contributed by atoms with Crippen LogP contribution >= 0.6 is 23.2 Å². The third-order valence-electron chi connectivity index (χ3n) is 2.34. The molecule has 0 aliphatic carbocycles. The minimum absolute atomic E-state index is 0.424. The SMILES string of the molecule is CN(CCCCCCN(C)C(=O)Cl)C(=O)Cl. The second-order valence-electron chi connectivity index (χ2n) is 3.76. The van der Waals surface area contributed by atoms with E-state index in [-0.39, 0.29) is 0 Å². The van der Waals surface area contributed by atoms with Crippen molar-refractivity contribution < 1.29 is 9.59 Å². The van der Waals surface area contributed by atoms with E-state index in [2.05, 4.69) is 0 Å². The molecular formula is C10H18Cl2N2O2. The van der Waals surface area contributed by atoms with Crippen LogP contribution in [-0.4, -0.2) is 47.7 Å². The van der Waals surface area contributed by atoms with Crippen LogP contribution < -0.4 is 0 Å². The average molecular weight is 269 g/mol. The molecule has 0 aromatic carbocycles. The monoisotopic (exact) mass is 268 g/mol. The summed E-state index contributed by atoms with van der Waals surface area (Å²) in [6, 6.07) is 0. The molecule has 0 bridgehead atoms. The van der Waals surface area contributed by atoms with Crippen molar-refractivity contribution in [2.45, 2.75) is 25.7 Å². The Bertz CT molecular complexity index is 213. The second-order valence-corrected chi connectivity index (χ2v) is 4.41. The fourth-order valence-electron chi connectivity index (χ4n) is 1.23. The number of rotatable bonds is 7. The van der Waals surface area contributed by atoms with Crippen LogP contribution in [0.2, 0.25) is 0 Å². The van der Waals surface area contributed by atoms with Crippen molar-refractivity contribution >= 4 is 33.9 Å².